The van der Waals surface area contributed by atoms with E-state index in [1.165, 1.54) is 0 Å². The van der Waals surface area contributed by atoms with Crippen molar-refractivity contribution in [1.29, 1.82) is 5.26 Å². The van der Waals surface area contributed by atoms with E-state index in [-0.39, 0.29) is 18.0 Å². The minimum atomic E-state index is -0.182. The van der Waals surface area contributed by atoms with Gasteiger partial charge in [-0.25, -0.2) is 0 Å². The number of nitrogens with one attached hydrogen (secondary N) is 1. The molecule has 3 rings (SSSR count). The molecule has 1 N–H and O–H groups in total. The van der Waals surface area contributed by atoms with Crippen LogP contribution in [0.5, 0.6) is 0 Å². The highest BCUT2D eigenvalue weighted by Crippen LogP contribution is 2.32. The maximum absolute atomic E-state index is 12.5. The van der Waals surface area contributed by atoms with Crippen molar-refractivity contribution >= 4 is 17.5 Å². The van der Waals surface area contributed by atoms with E-state index in [9.17, 15) is 4.79 Å². The second kappa shape index (κ2) is 6.05. The van der Waals surface area contributed by atoms with Gasteiger partial charge in [0.15, 0.2) is 0 Å². The second-order valence-electron chi connectivity index (χ2n) is 5.99. The van der Waals surface area contributed by atoms with E-state index in [2.05, 4.69) is 16.5 Å². The van der Waals surface area contributed by atoms with Crippen LogP contribution in [-0.2, 0) is 0 Å². The van der Waals surface area contributed by atoms with Gasteiger partial charge in [0.2, 0.25) is 0 Å². The van der Waals surface area contributed by atoms with Gasteiger partial charge in [0.05, 0.1) is 16.7 Å². The quantitative estimate of drug-likeness (QED) is 0.933. The lowest BCUT2D eigenvalue weighted by Crippen LogP contribution is -2.28. The van der Waals surface area contributed by atoms with Gasteiger partial charge in [-0.05, 0) is 38.8 Å². The molecule has 1 aromatic heterocycles. The Labute approximate surface area is 139 Å². The third-order valence-electron chi connectivity index (χ3n) is 3.76. The largest absolute Gasteiger partial charge is 0.348 e. The van der Waals surface area contributed by atoms with E-state index in [0.29, 0.717) is 22.0 Å². The SMILES string of the molecule is CC(C)n1nc(-c2ccc(C#N)cc2)c(Cl)c1C(=O)NC1CC1. The molecule has 0 atom stereocenters. The van der Waals surface area contributed by atoms with Gasteiger partial charge in [0, 0.05) is 17.6 Å². The number of rotatable bonds is 4. The van der Waals surface area contributed by atoms with Gasteiger partial charge in [-0.1, -0.05) is 23.7 Å². The van der Waals surface area contributed by atoms with Gasteiger partial charge in [-0.3, -0.25) is 9.48 Å². The molecule has 1 heterocycles. The number of carbonyl (C=O) groups excluding carboxylic acids is 1. The average Bonchev–Trinajstić information content (AvgIpc) is 3.27. The highest BCUT2D eigenvalue weighted by atomic mass is 35.5. The summed E-state index contributed by atoms with van der Waals surface area (Å²) in [4.78, 5) is 12.5. The second-order valence-corrected chi connectivity index (χ2v) is 6.36. The average molecular weight is 329 g/mol. The fraction of sp³-hybridized carbons (Fsp3) is 0.353. The Hall–Kier alpha value is -2.32. The molecule has 118 valence electrons. The minimum absolute atomic E-state index is 0.0135. The molecular weight excluding hydrogens is 312 g/mol. The standard InChI is InChI=1S/C17H17ClN4O/c1-10(2)22-16(17(23)20-13-7-8-13)14(18)15(21-22)12-5-3-11(9-19)4-6-12/h3-6,10,13H,7-8H2,1-2H3,(H,20,23). The lowest BCUT2D eigenvalue weighted by Gasteiger charge is -2.10. The molecule has 23 heavy (non-hydrogen) atoms. The number of amides is 1. The lowest BCUT2D eigenvalue weighted by molar-refractivity contribution is 0.0938. The van der Waals surface area contributed by atoms with E-state index < -0.39 is 0 Å². The minimum Gasteiger partial charge on any atom is -0.348 e. The summed E-state index contributed by atoms with van der Waals surface area (Å²) in [6, 6.07) is 9.36. The highest BCUT2D eigenvalue weighted by Gasteiger charge is 2.29. The summed E-state index contributed by atoms with van der Waals surface area (Å²) in [6.07, 6.45) is 2.03. The Morgan fingerprint density at radius 3 is 2.57 bits per heavy atom. The maximum Gasteiger partial charge on any atom is 0.271 e. The first-order valence-electron chi connectivity index (χ1n) is 7.60. The zero-order valence-corrected chi connectivity index (χ0v) is 13.8. The first-order chi connectivity index (χ1) is 11.0. The molecule has 0 aliphatic heterocycles. The number of carbonyl (C=O) groups is 1. The van der Waals surface area contributed by atoms with Crippen LogP contribution in [0.1, 0.15) is 48.8 Å². The number of aromatic nitrogens is 2. The predicted molar refractivity (Wildman–Crippen MR) is 88.3 cm³/mol. The van der Waals surface area contributed by atoms with E-state index >= 15 is 0 Å². The Kier molecular flexibility index (Phi) is 4.10. The third-order valence-corrected chi connectivity index (χ3v) is 4.11. The molecule has 1 fully saturated rings. The Balaban J connectivity index is 2.03. The fourth-order valence-electron chi connectivity index (χ4n) is 2.36. The summed E-state index contributed by atoms with van der Waals surface area (Å²) in [5.74, 6) is -0.182. The van der Waals surface area contributed by atoms with Crippen molar-refractivity contribution in [3.05, 3.63) is 40.5 Å². The topological polar surface area (TPSA) is 70.7 Å². The lowest BCUT2D eigenvalue weighted by atomic mass is 10.1. The summed E-state index contributed by atoms with van der Waals surface area (Å²) < 4.78 is 1.66. The molecule has 0 unspecified atom stereocenters. The molecule has 2 aromatic rings. The molecule has 6 heteroatoms. The first kappa shape index (κ1) is 15.6. The number of hydrogen-bond acceptors (Lipinski definition) is 3. The Morgan fingerprint density at radius 1 is 1.39 bits per heavy atom. The third kappa shape index (κ3) is 3.08. The van der Waals surface area contributed by atoms with Crippen LogP contribution in [-0.4, -0.2) is 21.7 Å². The van der Waals surface area contributed by atoms with Crippen molar-refractivity contribution in [3.8, 4) is 17.3 Å². The van der Waals surface area contributed by atoms with Gasteiger partial charge < -0.3 is 5.32 Å². The summed E-state index contributed by atoms with van der Waals surface area (Å²) in [5, 5.41) is 16.7. The van der Waals surface area contributed by atoms with Gasteiger partial charge in [0.1, 0.15) is 11.4 Å². The highest BCUT2D eigenvalue weighted by molar-refractivity contribution is 6.36. The van der Waals surface area contributed by atoms with Crippen LogP contribution in [0.25, 0.3) is 11.3 Å². The van der Waals surface area contributed by atoms with Gasteiger partial charge in [0.25, 0.3) is 5.91 Å². The molecule has 1 amide bonds. The van der Waals surface area contributed by atoms with E-state index in [4.69, 9.17) is 16.9 Å². The number of nitriles is 1. The zero-order chi connectivity index (χ0) is 16.6. The molecule has 1 aromatic carbocycles. The van der Waals surface area contributed by atoms with E-state index in [1.54, 1.807) is 28.9 Å². The van der Waals surface area contributed by atoms with Crippen LogP contribution in [0.2, 0.25) is 5.02 Å². The number of halogens is 1. The Morgan fingerprint density at radius 2 is 2.04 bits per heavy atom. The van der Waals surface area contributed by atoms with E-state index in [0.717, 1.165) is 18.4 Å². The van der Waals surface area contributed by atoms with Crippen molar-refractivity contribution in [3.63, 3.8) is 0 Å². The predicted octanol–water partition coefficient (Wildman–Crippen LogP) is 3.55. The summed E-state index contributed by atoms with van der Waals surface area (Å²) in [5.41, 5.74) is 2.31. The van der Waals surface area contributed by atoms with E-state index in [1.807, 2.05) is 13.8 Å². The van der Waals surface area contributed by atoms with Gasteiger partial charge in [-0.2, -0.15) is 10.4 Å². The fourth-order valence-corrected chi connectivity index (χ4v) is 2.68. The Bertz CT molecular complexity index is 782. The molecule has 1 saturated carbocycles. The van der Waals surface area contributed by atoms with Crippen LogP contribution < -0.4 is 5.32 Å². The zero-order valence-electron chi connectivity index (χ0n) is 13.0. The van der Waals surface area contributed by atoms with Crippen LogP contribution in [0.3, 0.4) is 0 Å². The van der Waals surface area contributed by atoms with Crippen molar-refractivity contribution in [2.45, 2.75) is 38.8 Å². The normalized spacial score (nSPS) is 13.9. The summed E-state index contributed by atoms with van der Waals surface area (Å²) >= 11 is 6.47. The number of benzene rings is 1. The van der Waals surface area contributed by atoms with Gasteiger partial charge in [-0.15, -0.1) is 0 Å². The van der Waals surface area contributed by atoms with Crippen molar-refractivity contribution in [2.24, 2.45) is 0 Å². The molecule has 1 aliphatic rings. The smallest absolute Gasteiger partial charge is 0.271 e. The molecule has 0 bridgehead atoms. The molecule has 5 nitrogen and oxygen atoms in total. The summed E-state index contributed by atoms with van der Waals surface area (Å²) in [7, 11) is 0. The number of hydrogen-bond donors (Lipinski definition) is 1. The van der Waals surface area contributed by atoms with Crippen LogP contribution in [0.4, 0.5) is 0 Å². The molecule has 1 aliphatic carbocycles. The molecule has 0 spiro atoms. The van der Waals surface area contributed by atoms with Crippen LogP contribution >= 0.6 is 11.6 Å². The van der Waals surface area contributed by atoms with Crippen molar-refractivity contribution in [1.82, 2.24) is 15.1 Å². The van der Waals surface area contributed by atoms with Crippen molar-refractivity contribution < 1.29 is 4.79 Å². The summed E-state index contributed by atoms with van der Waals surface area (Å²) in [6.45, 7) is 3.92. The molecular formula is C17H17ClN4O. The van der Waals surface area contributed by atoms with Crippen LogP contribution in [0, 0.1) is 11.3 Å². The molecule has 0 saturated heterocycles. The number of nitrogens with zero attached hydrogens (tertiary/aromatic N) is 3. The first-order valence-corrected chi connectivity index (χ1v) is 7.98. The van der Waals surface area contributed by atoms with Crippen molar-refractivity contribution in [2.75, 3.05) is 0 Å². The van der Waals surface area contributed by atoms with Crippen LogP contribution in [0.15, 0.2) is 24.3 Å². The molecule has 0 radical (unpaired) electrons. The van der Waals surface area contributed by atoms with Gasteiger partial charge >= 0.3 is 0 Å². The monoisotopic (exact) mass is 328 g/mol. The maximum atomic E-state index is 12.5.